The highest BCUT2D eigenvalue weighted by atomic mass is 32.2. The van der Waals surface area contributed by atoms with Crippen molar-refractivity contribution < 1.29 is 48.3 Å². The number of benzene rings is 2. The summed E-state index contributed by atoms with van der Waals surface area (Å²) in [6, 6.07) is 5.67. The van der Waals surface area contributed by atoms with Gasteiger partial charge in [-0.1, -0.05) is 62.4 Å². The van der Waals surface area contributed by atoms with Gasteiger partial charge < -0.3 is 92.3 Å². The number of amides is 8. The molecule has 1 aliphatic rings. The number of aromatic amines is 1. The number of nitrogens with two attached hydrogens (primary N) is 7. The van der Waals surface area contributed by atoms with E-state index in [1.807, 2.05) is 60.9 Å². The van der Waals surface area contributed by atoms with E-state index < -0.39 is 114 Å². The molecule has 1 aromatic heterocycles. The average Bonchev–Trinajstić information content (AvgIpc) is 4.28. The van der Waals surface area contributed by atoms with Crippen LogP contribution in [0, 0.1) is 5.92 Å². The van der Waals surface area contributed by atoms with Gasteiger partial charge in [0, 0.05) is 43.2 Å². The monoisotopic (exact) mass is 1250 g/mol. The van der Waals surface area contributed by atoms with Gasteiger partial charge in [0.15, 0.2) is 11.9 Å². The Kier molecular flexibility index (Phi) is 31.5. The molecule has 1 aliphatic heterocycles. The first-order valence-corrected chi connectivity index (χ1v) is 31.5. The lowest BCUT2D eigenvalue weighted by molar-refractivity contribution is -0.150. The van der Waals surface area contributed by atoms with E-state index in [2.05, 4.69) is 52.2 Å². The third-order valence-corrected chi connectivity index (χ3v) is 15.6. The maximum Gasteiger partial charge on any atom is 0.326 e. The number of nitrogens with zero attached hydrogens (tertiary/aromatic N) is 3. The minimum atomic E-state index is -1.37. The summed E-state index contributed by atoms with van der Waals surface area (Å²) in [6.45, 7) is 4.18. The number of hydrogen-bond donors (Lipinski definition) is 16. The van der Waals surface area contributed by atoms with Gasteiger partial charge in [0.25, 0.3) is 0 Å². The highest BCUT2D eigenvalue weighted by Gasteiger charge is 2.40. The smallest absolute Gasteiger partial charge is 0.326 e. The van der Waals surface area contributed by atoms with Crippen LogP contribution in [-0.4, -0.2) is 179 Å². The van der Waals surface area contributed by atoms with Gasteiger partial charge in [-0.15, -0.1) is 0 Å². The van der Waals surface area contributed by atoms with Crippen molar-refractivity contribution in [3.8, 4) is 0 Å². The van der Waals surface area contributed by atoms with E-state index in [1.165, 1.54) is 16.7 Å². The number of fused-ring (bicyclic) bond motifs is 1. The zero-order chi connectivity index (χ0) is 64.7. The van der Waals surface area contributed by atoms with E-state index in [0.717, 1.165) is 22.0 Å². The van der Waals surface area contributed by atoms with Crippen molar-refractivity contribution >= 4 is 87.8 Å². The number of para-hydroxylation sites is 1. The Morgan fingerprint density at radius 2 is 1.06 bits per heavy atom. The van der Waals surface area contributed by atoms with Gasteiger partial charge in [0.1, 0.15) is 48.3 Å². The Hall–Kier alpha value is -8.02. The fourth-order valence-corrected chi connectivity index (χ4v) is 10.6. The Labute approximate surface area is 518 Å². The molecule has 0 spiro atoms. The largest absolute Gasteiger partial charge is 0.480 e. The fourth-order valence-electron chi connectivity index (χ4n) is 10.1. The molecule has 3 aromatic rings. The summed E-state index contributed by atoms with van der Waals surface area (Å²) < 4.78 is 0. The normalized spacial score (nSPS) is 15.7. The Balaban J connectivity index is 1.62. The van der Waals surface area contributed by atoms with E-state index in [9.17, 15) is 48.3 Å². The molecule has 29 heteroatoms. The first-order chi connectivity index (χ1) is 42.1. The number of likely N-dealkylation sites (tertiary alicyclic amines) is 1. The Morgan fingerprint density at radius 3 is 1.53 bits per heavy atom. The van der Waals surface area contributed by atoms with Crippen molar-refractivity contribution in [2.75, 3.05) is 44.7 Å². The summed E-state index contributed by atoms with van der Waals surface area (Å²) in [5.41, 5.74) is 42.8. The number of carbonyl (C=O) groups is 9. The molecule has 9 atom stereocenters. The van der Waals surface area contributed by atoms with Gasteiger partial charge in [0.2, 0.25) is 47.3 Å². The van der Waals surface area contributed by atoms with Gasteiger partial charge in [0.05, 0.1) is 6.04 Å². The first kappa shape index (κ1) is 72.5. The predicted octanol–water partition coefficient (Wildman–Crippen LogP) is -1.48. The van der Waals surface area contributed by atoms with E-state index in [4.69, 9.17) is 40.1 Å². The number of aromatic nitrogens is 1. The quantitative estimate of drug-likeness (QED) is 0.0175. The van der Waals surface area contributed by atoms with Crippen molar-refractivity contribution in [2.24, 2.45) is 56.0 Å². The lowest BCUT2D eigenvalue weighted by atomic mass is 10.0. The van der Waals surface area contributed by atoms with Crippen LogP contribution in [0.1, 0.15) is 108 Å². The SMILES string of the molecule is CSCC[C@H](NC(=O)[C@H](Cc1c[nH]c2ccccc12)NC(=O)[C@@H](N)Cc1ccccc1)C(=O)N[C@@H](CCCCN)C(=O)N[C@@H](CCCN=C(N)N)C(=O)N[C@@H](CCCCN)C(=O)N[C@@H](CCCN=C(N)N)C(=O)N[C@H](C(=O)N1CCC[C@H]1C(=O)O)C(C)C. The predicted molar refractivity (Wildman–Crippen MR) is 339 cm³/mol. The van der Waals surface area contributed by atoms with Crippen molar-refractivity contribution in [1.29, 1.82) is 0 Å². The van der Waals surface area contributed by atoms with Crippen LogP contribution in [0.4, 0.5) is 0 Å². The summed E-state index contributed by atoms with van der Waals surface area (Å²) in [6.07, 6.45) is 6.52. The number of carboxylic acid groups (broad SMARTS) is 1. The molecule has 0 saturated carbocycles. The molecule has 23 N–H and O–H groups in total. The fraction of sp³-hybridized carbons (Fsp3) is 0.576. The standard InChI is InChI=1S/C59H94N18O10S/c1-35(2)48(56(85)77-30-15-24-47(77)57(86)87)76-54(83)44(23-14-29-68-59(65)66)73-51(80)41(20-9-11-26-60)70-52(81)43(22-13-28-67-58(63)64)72-50(79)42(21-10-12-27-61)71-53(82)45(25-31-88-3)74-55(84)46(33-37-34-69-40-19-8-7-18-38(37)40)75-49(78)39(62)32-36-16-5-4-6-17-36/h4-8,16-19,34-35,39,41-48,69H,9-15,20-33,60-62H2,1-3H3,(H,70,81)(H,71,82)(H,72,79)(H,73,80)(H,74,84)(H,75,78)(H,76,83)(H,86,87)(H4,63,64,67)(H4,65,66,68)/t39-,41-,42-,43-,44-,45-,46-,47-,48-/m0/s1. The minimum absolute atomic E-state index is 0.0250. The molecule has 1 fully saturated rings. The van der Waals surface area contributed by atoms with Crippen LogP contribution in [0.15, 0.2) is 70.8 Å². The molecule has 88 heavy (non-hydrogen) atoms. The number of rotatable bonds is 40. The number of unbranched alkanes of at least 4 members (excludes halogenated alkanes) is 2. The van der Waals surface area contributed by atoms with Crippen LogP contribution in [0.5, 0.6) is 0 Å². The lowest BCUT2D eigenvalue weighted by Crippen LogP contribution is -2.60. The molecule has 4 rings (SSSR count). The highest BCUT2D eigenvalue weighted by Crippen LogP contribution is 2.22. The molecule has 0 bridgehead atoms. The van der Waals surface area contributed by atoms with Crippen LogP contribution >= 0.6 is 11.8 Å². The summed E-state index contributed by atoms with van der Waals surface area (Å²) in [5, 5.41) is 30.2. The number of thioether (sulfide) groups is 1. The number of guanidine groups is 2. The molecular weight excluding hydrogens is 1150 g/mol. The van der Waals surface area contributed by atoms with Gasteiger partial charge in [-0.3, -0.25) is 48.3 Å². The number of hydrogen-bond acceptors (Lipinski definition) is 15. The topological polar surface area (TPSA) is 484 Å². The van der Waals surface area contributed by atoms with Crippen LogP contribution in [0.25, 0.3) is 10.9 Å². The maximum absolute atomic E-state index is 14.7. The number of carboxylic acids is 1. The summed E-state index contributed by atoms with van der Waals surface area (Å²) in [7, 11) is 0. The second kappa shape index (κ2) is 38.3. The molecule has 2 aromatic carbocycles. The van der Waals surface area contributed by atoms with E-state index in [-0.39, 0.29) is 109 Å². The van der Waals surface area contributed by atoms with E-state index in [0.29, 0.717) is 37.9 Å². The molecule has 28 nitrogen and oxygen atoms in total. The number of H-pyrrole nitrogens is 1. The maximum atomic E-state index is 14.7. The number of aliphatic carboxylic acids is 1. The average molecular weight is 1250 g/mol. The van der Waals surface area contributed by atoms with Crippen molar-refractivity contribution in [3.63, 3.8) is 0 Å². The molecule has 2 heterocycles. The first-order valence-electron chi connectivity index (χ1n) is 30.1. The van der Waals surface area contributed by atoms with Crippen LogP contribution in [-0.2, 0) is 56.0 Å². The summed E-state index contributed by atoms with van der Waals surface area (Å²) >= 11 is 1.42. The molecule has 0 radical (unpaired) electrons. The van der Waals surface area contributed by atoms with Gasteiger partial charge >= 0.3 is 5.97 Å². The second-order valence-electron chi connectivity index (χ2n) is 22.2. The van der Waals surface area contributed by atoms with Gasteiger partial charge in [-0.25, -0.2) is 4.79 Å². The van der Waals surface area contributed by atoms with Crippen LogP contribution in [0.2, 0.25) is 0 Å². The van der Waals surface area contributed by atoms with Gasteiger partial charge in [-0.05, 0) is 138 Å². The van der Waals surface area contributed by atoms with Gasteiger partial charge in [-0.2, -0.15) is 11.8 Å². The van der Waals surface area contributed by atoms with Crippen molar-refractivity contribution in [2.45, 2.75) is 165 Å². The molecule has 0 aliphatic carbocycles. The zero-order valence-electron chi connectivity index (χ0n) is 50.8. The molecule has 8 amide bonds. The van der Waals surface area contributed by atoms with E-state index in [1.54, 1.807) is 20.0 Å². The van der Waals surface area contributed by atoms with Crippen LogP contribution in [0.3, 0.4) is 0 Å². The number of nitrogens with one attached hydrogen (secondary N) is 8. The second-order valence-corrected chi connectivity index (χ2v) is 23.2. The summed E-state index contributed by atoms with van der Waals surface area (Å²) in [4.78, 5) is 139. The van der Waals surface area contributed by atoms with Crippen molar-refractivity contribution in [3.05, 3.63) is 71.9 Å². The number of carbonyl (C=O) groups excluding carboxylic acids is 8. The third-order valence-electron chi connectivity index (χ3n) is 15.0. The zero-order valence-corrected chi connectivity index (χ0v) is 51.6. The Bertz CT molecular complexity index is 2810. The highest BCUT2D eigenvalue weighted by molar-refractivity contribution is 7.98. The molecule has 486 valence electrons. The number of aliphatic imine (C=N–C) groups is 2. The van der Waals surface area contributed by atoms with Crippen LogP contribution < -0.4 is 77.4 Å². The minimum Gasteiger partial charge on any atom is -0.480 e. The Morgan fingerprint density at radius 1 is 0.602 bits per heavy atom. The van der Waals surface area contributed by atoms with E-state index >= 15 is 0 Å². The summed E-state index contributed by atoms with van der Waals surface area (Å²) in [5.74, 6) is -7.41. The third kappa shape index (κ3) is 24.3. The van der Waals surface area contributed by atoms with Crippen molar-refractivity contribution in [1.82, 2.24) is 47.1 Å². The molecule has 1 saturated heterocycles. The lowest BCUT2D eigenvalue weighted by Gasteiger charge is -2.31. The molecule has 0 unspecified atom stereocenters. The molecular formula is C59H94N18O10S.